The normalized spacial score (nSPS) is 5.89. The third-order valence-corrected chi connectivity index (χ3v) is 0.564. The first-order chi connectivity index (χ1) is 8.56. The molecule has 0 saturated heterocycles. The maximum absolute atomic E-state index is 6.28. The second-order valence-electron chi connectivity index (χ2n) is 2.05. The van der Waals surface area contributed by atoms with Crippen LogP contribution in [-0.2, 0) is 0 Å². The fraction of sp³-hybridized carbons (Fsp3) is 0.375. The van der Waals surface area contributed by atoms with Gasteiger partial charge in [0.1, 0.15) is 0 Å². The van der Waals surface area contributed by atoms with Crippen LogP contribution in [0.1, 0.15) is 41.5 Å². The maximum atomic E-state index is 6.28. The van der Waals surface area contributed by atoms with Gasteiger partial charge in [-0.15, -0.1) is 5.73 Å². The highest BCUT2D eigenvalue weighted by Gasteiger charge is 1.53. The number of nitrogens with one attached hydrogen (secondary N) is 1. The molecule has 2 heteroatoms. The zero-order chi connectivity index (χ0) is 15.8. The molecular weight excluding hydrogens is 220 g/mol. The van der Waals surface area contributed by atoms with Crippen molar-refractivity contribution >= 4 is 5.84 Å². The van der Waals surface area contributed by atoms with Gasteiger partial charge in [-0.2, -0.15) is 0 Å². The molecule has 0 unspecified atom stereocenters. The van der Waals surface area contributed by atoms with E-state index in [0.717, 1.165) is 0 Å². The molecule has 3 N–H and O–H groups in total. The molecule has 0 bridgehead atoms. The Hall–Kier alpha value is -1.79. The van der Waals surface area contributed by atoms with Crippen LogP contribution in [-0.4, -0.2) is 5.84 Å². The molecule has 0 aliphatic carbocycles. The van der Waals surface area contributed by atoms with Crippen molar-refractivity contribution < 1.29 is 0 Å². The van der Waals surface area contributed by atoms with Crippen LogP contribution in [0.5, 0.6) is 0 Å². The summed E-state index contributed by atoms with van der Waals surface area (Å²) in [6.45, 7) is 21.6. The summed E-state index contributed by atoms with van der Waals surface area (Å²) >= 11 is 0. The third-order valence-electron chi connectivity index (χ3n) is 0.564. The van der Waals surface area contributed by atoms with Gasteiger partial charge in [-0.1, -0.05) is 71.7 Å². The van der Waals surface area contributed by atoms with E-state index in [-0.39, 0.29) is 5.84 Å². The summed E-state index contributed by atoms with van der Waals surface area (Å²) in [6.07, 6.45) is 8.86. The van der Waals surface area contributed by atoms with Crippen molar-refractivity contribution in [2.75, 3.05) is 0 Å². The van der Waals surface area contributed by atoms with E-state index in [9.17, 15) is 0 Å². The topological polar surface area (TPSA) is 49.9 Å². The summed E-state index contributed by atoms with van der Waals surface area (Å²) in [4.78, 5) is 0. The van der Waals surface area contributed by atoms with Crippen LogP contribution in [0.25, 0.3) is 0 Å². The van der Waals surface area contributed by atoms with Crippen LogP contribution in [0.15, 0.2) is 55.8 Å². The summed E-state index contributed by atoms with van der Waals surface area (Å²) < 4.78 is 0. The minimum Gasteiger partial charge on any atom is -0.388 e. The Labute approximate surface area is 115 Å². The fourth-order valence-corrected chi connectivity index (χ4v) is 0.219. The molecule has 0 radical (unpaired) electrons. The van der Waals surface area contributed by atoms with Gasteiger partial charge in [-0.3, -0.25) is 5.41 Å². The SMILES string of the molecule is C=C/C=C\C.C=C=CC=C.CC.CC.CC(=N)N. The minimum absolute atomic E-state index is 0.167. The van der Waals surface area contributed by atoms with Gasteiger partial charge in [0.2, 0.25) is 0 Å². The van der Waals surface area contributed by atoms with Crippen molar-refractivity contribution in [3.63, 3.8) is 0 Å². The lowest BCUT2D eigenvalue weighted by Crippen LogP contribution is -2.00. The third kappa shape index (κ3) is 508. The average Bonchev–Trinajstić information content (AvgIpc) is 2.36. The Morgan fingerprint density at radius 2 is 1.44 bits per heavy atom. The van der Waals surface area contributed by atoms with Gasteiger partial charge in [0.05, 0.1) is 5.84 Å². The Kier molecular flexibility index (Phi) is 98.0. The predicted molar refractivity (Wildman–Crippen MR) is 89.2 cm³/mol. The average molecular weight is 252 g/mol. The van der Waals surface area contributed by atoms with Crippen molar-refractivity contribution in [2.24, 2.45) is 5.73 Å². The lowest BCUT2D eigenvalue weighted by Gasteiger charge is -1.66. The summed E-state index contributed by atoms with van der Waals surface area (Å²) in [6, 6.07) is 0. The van der Waals surface area contributed by atoms with E-state index in [1.807, 2.05) is 46.8 Å². The van der Waals surface area contributed by atoms with Crippen LogP contribution in [0, 0.1) is 5.41 Å². The molecule has 0 rings (SSSR count). The second-order valence-corrected chi connectivity index (χ2v) is 2.05. The number of hydrogen-bond donors (Lipinski definition) is 2. The predicted octanol–water partition coefficient (Wildman–Crippen LogP) is 5.26. The molecule has 0 aromatic rings. The maximum Gasteiger partial charge on any atom is 0.0873 e. The van der Waals surface area contributed by atoms with Crippen molar-refractivity contribution in [2.45, 2.75) is 41.5 Å². The highest BCUT2D eigenvalue weighted by Crippen LogP contribution is 1.64. The Morgan fingerprint density at radius 1 is 1.11 bits per heavy atom. The van der Waals surface area contributed by atoms with Crippen molar-refractivity contribution in [3.05, 3.63) is 55.8 Å². The molecule has 0 atom stereocenters. The molecule has 0 aliphatic rings. The smallest absolute Gasteiger partial charge is 0.0873 e. The molecule has 0 amide bonds. The molecule has 106 valence electrons. The van der Waals surface area contributed by atoms with E-state index in [0.29, 0.717) is 0 Å². The van der Waals surface area contributed by atoms with E-state index in [4.69, 9.17) is 11.1 Å². The first kappa shape index (κ1) is 29.8. The van der Waals surface area contributed by atoms with E-state index < -0.39 is 0 Å². The minimum atomic E-state index is 0.167. The zero-order valence-electron chi connectivity index (χ0n) is 13.1. The molecule has 0 heterocycles. The zero-order valence-corrected chi connectivity index (χ0v) is 13.1. The molecule has 0 fully saturated rings. The molecule has 2 nitrogen and oxygen atoms in total. The van der Waals surface area contributed by atoms with Crippen LogP contribution in [0.2, 0.25) is 0 Å². The Balaban J connectivity index is -0.0000000414. The monoisotopic (exact) mass is 252 g/mol. The molecule has 0 spiro atoms. The van der Waals surface area contributed by atoms with Crippen LogP contribution in [0.3, 0.4) is 0 Å². The van der Waals surface area contributed by atoms with Gasteiger partial charge in [-0.25, -0.2) is 0 Å². The lowest BCUT2D eigenvalue weighted by molar-refractivity contribution is 1.42. The summed E-state index contributed by atoms with van der Waals surface area (Å²) in [5, 5.41) is 6.28. The second kappa shape index (κ2) is 59.1. The highest BCUT2D eigenvalue weighted by molar-refractivity contribution is 5.73. The Morgan fingerprint density at radius 3 is 1.44 bits per heavy atom. The summed E-state index contributed by atoms with van der Waals surface area (Å²) in [7, 11) is 0. The van der Waals surface area contributed by atoms with E-state index in [1.54, 1.807) is 18.2 Å². The van der Waals surface area contributed by atoms with Crippen LogP contribution >= 0.6 is 0 Å². The van der Waals surface area contributed by atoms with Gasteiger partial charge in [0, 0.05) is 0 Å². The number of nitrogens with two attached hydrogens (primary N) is 1. The van der Waals surface area contributed by atoms with E-state index in [1.165, 1.54) is 6.92 Å². The van der Waals surface area contributed by atoms with Crippen LogP contribution < -0.4 is 5.73 Å². The van der Waals surface area contributed by atoms with Crippen molar-refractivity contribution in [3.8, 4) is 0 Å². The van der Waals surface area contributed by atoms with Gasteiger partial charge in [0.25, 0.3) is 0 Å². The molecule has 0 aromatic carbocycles. The number of hydrogen-bond acceptors (Lipinski definition) is 1. The molecule has 0 aromatic heterocycles. The first-order valence-electron chi connectivity index (χ1n) is 6.07. The summed E-state index contributed by atoms with van der Waals surface area (Å²) in [5.41, 5.74) is 7.22. The molecular formula is C16H32N2. The molecule has 0 aliphatic heterocycles. The molecule has 18 heavy (non-hydrogen) atoms. The number of amidine groups is 1. The van der Waals surface area contributed by atoms with E-state index in [2.05, 4.69) is 25.5 Å². The van der Waals surface area contributed by atoms with E-state index >= 15 is 0 Å². The fourth-order valence-electron chi connectivity index (χ4n) is 0.219. The number of rotatable bonds is 2. The number of allylic oxidation sites excluding steroid dienone is 5. The highest BCUT2D eigenvalue weighted by atomic mass is 14.7. The quantitative estimate of drug-likeness (QED) is 0.299. The summed E-state index contributed by atoms with van der Waals surface area (Å²) in [5.74, 6) is 0.167. The molecule has 0 saturated carbocycles. The lowest BCUT2D eigenvalue weighted by atomic mass is 10.5. The van der Waals surface area contributed by atoms with Gasteiger partial charge >= 0.3 is 0 Å². The van der Waals surface area contributed by atoms with Crippen LogP contribution in [0.4, 0.5) is 0 Å². The van der Waals surface area contributed by atoms with Gasteiger partial charge < -0.3 is 5.73 Å². The van der Waals surface area contributed by atoms with Crippen molar-refractivity contribution in [1.29, 1.82) is 5.41 Å². The van der Waals surface area contributed by atoms with Gasteiger partial charge in [0.15, 0.2) is 0 Å². The van der Waals surface area contributed by atoms with Crippen molar-refractivity contribution in [1.82, 2.24) is 0 Å². The standard InChI is InChI=1S/C5H8.C5H6.C2H6N2.2C2H6/c2*1-3-5-4-2;1-2(3)4;2*1-2/h3-5H,1H2,2H3;3,5H,1-2H2;1H3,(H3,3,4);2*1-2H3/b5-4-;;;;. The first-order valence-corrected chi connectivity index (χ1v) is 6.07. The Bertz CT molecular complexity index is 215. The largest absolute Gasteiger partial charge is 0.388 e. The van der Waals surface area contributed by atoms with Gasteiger partial charge in [-0.05, 0) is 19.9 Å².